The van der Waals surface area contributed by atoms with E-state index in [0.717, 1.165) is 5.56 Å². The van der Waals surface area contributed by atoms with Gasteiger partial charge in [0.15, 0.2) is 0 Å². The van der Waals surface area contributed by atoms with Gasteiger partial charge in [-0.05, 0) is 49.1 Å². The number of hydrogen-bond acceptors (Lipinski definition) is 6. The van der Waals surface area contributed by atoms with Crippen LogP contribution >= 0.6 is 0 Å². The lowest BCUT2D eigenvalue weighted by Gasteiger charge is -2.29. The summed E-state index contributed by atoms with van der Waals surface area (Å²) in [5, 5.41) is 6.07. The summed E-state index contributed by atoms with van der Waals surface area (Å²) in [5.41, 5.74) is -1.41. The highest BCUT2D eigenvalue weighted by molar-refractivity contribution is 6.05. The summed E-state index contributed by atoms with van der Waals surface area (Å²) in [6.45, 7) is 4.20. The van der Waals surface area contributed by atoms with Crippen LogP contribution in [0.4, 0.5) is 38.1 Å². The highest BCUT2D eigenvalue weighted by Gasteiger charge is 2.38. The molecular weight excluding hydrogens is 590 g/mol. The first kappa shape index (κ1) is 31.1. The molecule has 2 N–H and O–H groups in total. The third kappa shape index (κ3) is 6.73. The molecule has 1 fully saturated rings. The molecule has 44 heavy (non-hydrogen) atoms. The molecule has 0 bridgehead atoms. The lowest BCUT2D eigenvalue weighted by molar-refractivity contribution is -0.143. The third-order valence-corrected chi connectivity index (χ3v) is 7.60. The van der Waals surface area contributed by atoms with Gasteiger partial charge in [0, 0.05) is 51.3 Å². The number of fused-ring (bicyclic) bond motifs is 1. The molecule has 0 spiro atoms. The number of halogens is 6. The quantitative estimate of drug-likeness (QED) is 0.358. The smallest absolute Gasteiger partial charge is 0.369 e. The van der Waals surface area contributed by atoms with Crippen molar-refractivity contribution in [3.8, 4) is 11.3 Å². The van der Waals surface area contributed by atoms with Crippen molar-refractivity contribution in [1.29, 1.82) is 0 Å². The highest BCUT2D eigenvalue weighted by Crippen LogP contribution is 2.38. The Hall–Kier alpha value is -4.36. The lowest BCUT2D eigenvalue weighted by atomic mass is 9.99. The Bertz CT molecular complexity index is 1540. The Balaban J connectivity index is 1.58. The Labute approximate surface area is 249 Å². The average Bonchev–Trinajstić information content (AvgIpc) is 3.40. The molecule has 0 aliphatic carbocycles. The minimum Gasteiger partial charge on any atom is -0.369 e. The van der Waals surface area contributed by atoms with Crippen molar-refractivity contribution in [3.05, 3.63) is 70.3 Å². The zero-order valence-electron chi connectivity index (χ0n) is 23.9. The van der Waals surface area contributed by atoms with Gasteiger partial charge in [0.25, 0.3) is 5.91 Å². The Morgan fingerprint density at radius 2 is 1.70 bits per heavy atom. The average molecular weight is 621 g/mol. The molecule has 234 valence electrons. The van der Waals surface area contributed by atoms with Crippen LogP contribution in [-0.2, 0) is 23.7 Å². The number of benzene rings is 2. The van der Waals surface area contributed by atoms with Gasteiger partial charge in [0.2, 0.25) is 11.9 Å². The third-order valence-electron chi connectivity index (χ3n) is 7.60. The molecule has 2 aliphatic rings. The molecule has 2 aromatic carbocycles. The Kier molecular flexibility index (Phi) is 8.45. The van der Waals surface area contributed by atoms with Gasteiger partial charge in [0.1, 0.15) is 11.4 Å². The van der Waals surface area contributed by atoms with E-state index in [2.05, 4.69) is 15.6 Å². The highest BCUT2D eigenvalue weighted by atomic mass is 19.4. The van der Waals surface area contributed by atoms with Crippen LogP contribution in [-0.4, -0.2) is 58.9 Å². The predicted molar refractivity (Wildman–Crippen MR) is 151 cm³/mol. The summed E-state index contributed by atoms with van der Waals surface area (Å²) >= 11 is 0. The van der Waals surface area contributed by atoms with Gasteiger partial charge >= 0.3 is 12.4 Å². The van der Waals surface area contributed by atoms with Crippen molar-refractivity contribution in [1.82, 2.24) is 20.2 Å². The number of hydrogen-bond donors (Lipinski definition) is 2. The summed E-state index contributed by atoms with van der Waals surface area (Å²) in [6, 6.07) is 8.46. The van der Waals surface area contributed by atoms with Gasteiger partial charge in [-0.2, -0.15) is 31.3 Å². The van der Waals surface area contributed by atoms with E-state index >= 15 is 0 Å². The Morgan fingerprint density at radius 1 is 1.02 bits per heavy atom. The van der Waals surface area contributed by atoms with Crippen molar-refractivity contribution in [3.63, 3.8) is 0 Å². The molecule has 1 aromatic heterocycles. The molecule has 1 saturated heterocycles. The van der Waals surface area contributed by atoms with E-state index in [1.807, 2.05) is 24.0 Å². The Morgan fingerprint density at radius 3 is 2.34 bits per heavy atom. The van der Waals surface area contributed by atoms with Crippen LogP contribution in [0.1, 0.15) is 52.4 Å². The SMILES string of the molecule is CC(=O)NC1CCN(c2nc3c(c(-c4ccccc4C)n2)C(=O)N(Cc2cc(C(F)(F)F)cc(C(F)(F)F)c2)CCCN3)C1. The second kappa shape index (κ2) is 12.0. The van der Waals surface area contributed by atoms with E-state index in [4.69, 9.17) is 4.98 Å². The fraction of sp³-hybridized carbons (Fsp3) is 0.400. The molecule has 3 aromatic rings. The predicted octanol–water partition coefficient (Wildman–Crippen LogP) is 5.66. The van der Waals surface area contributed by atoms with Gasteiger partial charge < -0.3 is 20.4 Å². The minimum atomic E-state index is -5.01. The number of amides is 2. The first-order valence-corrected chi connectivity index (χ1v) is 14.0. The maximum atomic E-state index is 14.2. The number of carbonyl (C=O) groups is 2. The van der Waals surface area contributed by atoms with Crippen LogP contribution in [0.5, 0.6) is 0 Å². The van der Waals surface area contributed by atoms with E-state index in [-0.39, 0.29) is 47.2 Å². The van der Waals surface area contributed by atoms with Gasteiger partial charge in [0.05, 0.1) is 16.8 Å². The normalized spacial score (nSPS) is 17.5. The number of rotatable bonds is 5. The number of aromatic nitrogens is 2. The summed E-state index contributed by atoms with van der Waals surface area (Å²) in [5.74, 6) is -0.242. The summed E-state index contributed by atoms with van der Waals surface area (Å²) < 4.78 is 81.2. The first-order chi connectivity index (χ1) is 20.7. The monoisotopic (exact) mass is 620 g/mol. The number of carbonyl (C=O) groups excluding carboxylic acids is 2. The molecule has 0 saturated carbocycles. The zero-order chi connectivity index (χ0) is 31.8. The van der Waals surface area contributed by atoms with Crippen molar-refractivity contribution in [2.45, 2.75) is 51.6 Å². The molecule has 2 aliphatic heterocycles. The second-order valence-corrected chi connectivity index (χ2v) is 11.0. The maximum Gasteiger partial charge on any atom is 0.416 e. The topological polar surface area (TPSA) is 90.5 Å². The van der Waals surface area contributed by atoms with E-state index in [1.165, 1.54) is 11.8 Å². The standard InChI is InChI=1S/C30H30F6N6O2/c1-17-6-3-4-7-23(17)25-24-26(40-28(39-25)42-11-8-22(16-42)38-18(2)43)37-9-5-10-41(27(24)44)15-19-12-20(29(31,32)33)14-21(13-19)30(34,35)36/h3-4,6-7,12-14,22H,5,8-11,15-16H2,1-2H3,(H,38,43)(H,37,39,40). The molecule has 8 nitrogen and oxygen atoms in total. The molecule has 2 amide bonds. The van der Waals surface area contributed by atoms with Gasteiger partial charge in [-0.3, -0.25) is 9.59 Å². The van der Waals surface area contributed by atoms with Crippen LogP contribution < -0.4 is 15.5 Å². The van der Waals surface area contributed by atoms with Crippen LogP contribution in [0.25, 0.3) is 11.3 Å². The van der Waals surface area contributed by atoms with Gasteiger partial charge in [-0.15, -0.1) is 0 Å². The first-order valence-electron chi connectivity index (χ1n) is 14.0. The van der Waals surface area contributed by atoms with Crippen LogP contribution in [0.3, 0.4) is 0 Å². The van der Waals surface area contributed by atoms with Gasteiger partial charge in [-0.25, -0.2) is 4.98 Å². The van der Waals surface area contributed by atoms with Crippen LogP contribution in [0, 0.1) is 6.92 Å². The van der Waals surface area contributed by atoms with Crippen molar-refractivity contribution >= 4 is 23.6 Å². The van der Waals surface area contributed by atoms with Crippen molar-refractivity contribution in [2.75, 3.05) is 36.4 Å². The lowest BCUT2D eigenvalue weighted by Crippen LogP contribution is -2.37. The molecule has 1 unspecified atom stereocenters. The summed E-state index contributed by atoms with van der Waals surface area (Å²) in [4.78, 5) is 38.3. The van der Waals surface area contributed by atoms with Crippen LogP contribution in [0.2, 0.25) is 0 Å². The number of alkyl halides is 6. The number of aryl methyl sites for hydroxylation is 1. The molecule has 5 rings (SSSR count). The van der Waals surface area contributed by atoms with Crippen molar-refractivity contribution < 1.29 is 35.9 Å². The van der Waals surface area contributed by atoms with E-state index in [0.29, 0.717) is 56.1 Å². The fourth-order valence-corrected chi connectivity index (χ4v) is 5.52. The molecule has 1 atom stereocenters. The largest absolute Gasteiger partial charge is 0.416 e. The zero-order valence-corrected chi connectivity index (χ0v) is 23.9. The number of nitrogens with zero attached hydrogens (tertiary/aromatic N) is 4. The molecule has 0 radical (unpaired) electrons. The van der Waals surface area contributed by atoms with Crippen molar-refractivity contribution in [2.24, 2.45) is 0 Å². The summed E-state index contributed by atoms with van der Waals surface area (Å²) in [6.07, 6.45) is -8.99. The van der Waals surface area contributed by atoms with E-state index < -0.39 is 35.9 Å². The molecular formula is C30H30F6N6O2. The minimum absolute atomic E-state index is 0.0680. The van der Waals surface area contributed by atoms with E-state index in [9.17, 15) is 35.9 Å². The van der Waals surface area contributed by atoms with Gasteiger partial charge in [-0.1, -0.05) is 24.3 Å². The second-order valence-electron chi connectivity index (χ2n) is 11.0. The summed E-state index contributed by atoms with van der Waals surface area (Å²) in [7, 11) is 0. The molecule has 14 heteroatoms. The van der Waals surface area contributed by atoms with E-state index in [1.54, 1.807) is 12.1 Å². The fourth-order valence-electron chi connectivity index (χ4n) is 5.52. The molecule has 3 heterocycles. The van der Waals surface area contributed by atoms with Crippen LogP contribution in [0.15, 0.2) is 42.5 Å². The maximum absolute atomic E-state index is 14.2. The number of anilines is 2. The number of nitrogens with one attached hydrogen (secondary N) is 2.